The molecule has 1 aromatic carbocycles. The Labute approximate surface area is 178 Å². The van der Waals surface area contributed by atoms with Gasteiger partial charge in [-0.25, -0.2) is 4.57 Å². The van der Waals surface area contributed by atoms with Crippen molar-refractivity contribution in [3.8, 4) is 5.75 Å². The van der Waals surface area contributed by atoms with Crippen LogP contribution in [0.15, 0.2) is 42.5 Å². The first kappa shape index (κ1) is 25.9. The van der Waals surface area contributed by atoms with Crippen molar-refractivity contribution in [2.24, 2.45) is 0 Å². The minimum atomic E-state index is -4.01. The fourth-order valence-electron chi connectivity index (χ4n) is 3.17. The predicted molar refractivity (Wildman–Crippen MR) is 122 cm³/mol. The summed E-state index contributed by atoms with van der Waals surface area (Å²) in [5.41, 5.74) is 0. The van der Waals surface area contributed by atoms with Crippen LogP contribution in [-0.2, 0) is 9.09 Å². The molecule has 1 aromatic rings. The molecule has 5 heteroatoms. The Kier molecular flexibility index (Phi) is 15.9. The van der Waals surface area contributed by atoms with Gasteiger partial charge in [-0.15, -0.1) is 0 Å². The van der Waals surface area contributed by atoms with E-state index in [4.69, 9.17) is 9.05 Å². The van der Waals surface area contributed by atoms with Gasteiger partial charge < -0.3 is 4.52 Å². The number of hydrogen-bond donors (Lipinski definition) is 1. The molecule has 29 heavy (non-hydrogen) atoms. The number of phosphoric ester groups is 1. The molecular weight excluding hydrogens is 383 g/mol. The summed E-state index contributed by atoms with van der Waals surface area (Å²) in [4.78, 5) is 9.70. The molecule has 0 aliphatic heterocycles. The van der Waals surface area contributed by atoms with Crippen molar-refractivity contribution in [3.05, 3.63) is 42.5 Å². The van der Waals surface area contributed by atoms with Crippen LogP contribution in [0.2, 0.25) is 0 Å². The molecule has 1 N–H and O–H groups in total. The maximum Gasteiger partial charge on any atom is 0.527 e. The van der Waals surface area contributed by atoms with Gasteiger partial charge in [-0.1, -0.05) is 95.1 Å². The molecule has 1 atom stereocenters. The smallest absolute Gasteiger partial charge is 0.404 e. The number of unbranched alkanes of at least 4 members (excludes halogenated alkanes) is 12. The van der Waals surface area contributed by atoms with Crippen molar-refractivity contribution in [1.29, 1.82) is 0 Å². The molecule has 0 fully saturated rings. The fraction of sp³-hybridized carbons (Fsp3) is 0.667. The number of hydrogen-bond acceptors (Lipinski definition) is 3. The molecule has 0 bridgehead atoms. The van der Waals surface area contributed by atoms with Gasteiger partial charge in [-0.3, -0.25) is 9.42 Å². The van der Waals surface area contributed by atoms with Gasteiger partial charge in [0.05, 0.1) is 6.61 Å². The zero-order valence-corrected chi connectivity index (χ0v) is 19.2. The first-order chi connectivity index (χ1) is 14.1. The largest absolute Gasteiger partial charge is 0.527 e. The second kappa shape index (κ2) is 17.7. The van der Waals surface area contributed by atoms with E-state index in [1.807, 2.05) is 6.07 Å². The van der Waals surface area contributed by atoms with Gasteiger partial charge in [-0.05, 0) is 44.2 Å². The summed E-state index contributed by atoms with van der Waals surface area (Å²) < 4.78 is 21.9. The molecule has 1 unspecified atom stereocenters. The molecule has 0 aliphatic carbocycles. The van der Waals surface area contributed by atoms with Crippen LogP contribution in [0.5, 0.6) is 5.75 Å². The van der Waals surface area contributed by atoms with E-state index in [0.717, 1.165) is 19.3 Å². The van der Waals surface area contributed by atoms with E-state index in [-0.39, 0.29) is 6.61 Å². The van der Waals surface area contributed by atoms with Gasteiger partial charge in [0.15, 0.2) is 0 Å². The van der Waals surface area contributed by atoms with E-state index in [1.54, 1.807) is 24.3 Å². The highest BCUT2D eigenvalue weighted by molar-refractivity contribution is 7.47. The molecule has 0 saturated carbocycles. The third-order valence-corrected chi connectivity index (χ3v) is 5.82. The molecule has 0 aliphatic rings. The molecule has 0 aromatic heterocycles. The second-order valence-electron chi connectivity index (χ2n) is 7.64. The van der Waals surface area contributed by atoms with Gasteiger partial charge >= 0.3 is 7.82 Å². The lowest BCUT2D eigenvalue weighted by Crippen LogP contribution is -1.99. The Morgan fingerprint density at radius 1 is 0.793 bits per heavy atom. The van der Waals surface area contributed by atoms with Crippen LogP contribution in [0.25, 0.3) is 0 Å². The summed E-state index contributed by atoms with van der Waals surface area (Å²) in [6.07, 6.45) is 21.9. The lowest BCUT2D eigenvalue weighted by Gasteiger charge is -2.12. The van der Waals surface area contributed by atoms with Crippen molar-refractivity contribution in [2.45, 2.75) is 96.8 Å². The maximum atomic E-state index is 11.8. The van der Waals surface area contributed by atoms with E-state index >= 15 is 0 Å². The molecule has 1 rings (SSSR count). The number of phosphoric acid groups is 1. The van der Waals surface area contributed by atoms with E-state index in [0.29, 0.717) is 5.75 Å². The first-order valence-electron chi connectivity index (χ1n) is 11.5. The summed E-state index contributed by atoms with van der Waals surface area (Å²) in [7, 11) is -4.01. The first-order valence-corrected chi connectivity index (χ1v) is 13.0. The lowest BCUT2D eigenvalue weighted by atomic mass is 10.1. The number of para-hydroxylation sites is 1. The Bertz CT molecular complexity index is 559. The van der Waals surface area contributed by atoms with Crippen LogP contribution in [0, 0.1) is 0 Å². The number of allylic oxidation sites excluding steroid dienone is 2. The Hall–Kier alpha value is -1.09. The highest BCUT2D eigenvalue weighted by atomic mass is 31.2. The van der Waals surface area contributed by atoms with E-state index < -0.39 is 7.82 Å². The van der Waals surface area contributed by atoms with E-state index in [9.17, 15) is 9.46 Å². The highest BCUT2D eigenvalue weighted by Gasteiger charge is 2.22. The molecule has 166 valence electrons. The van der Waals surface area contributed by atoms with Gasteiger partial charge in [0.2, 0.25) is 0 Å². The molecule has 0 spiro atoms. The molecule has 0 saturated heterocycles. The zero-order chi connectivity index (χ0) is 21.0. The topological polar surface area (TPSA) is 55.8 Å². The SMILES string of the molecule is CCCCCCCC/C=C/CCCCCCCCOP(=O)(O)Oc1ccccc1. The summed E-state index contributed by atoms with van der Waals surface area (Å²) in [5, 5.41) is 0. The molecule has 0 heterocycles. The van der Waals surface area contributed by atoms with Crippen LogP contribution in [-0.4, -0.2) is 11.5 Å². The third-order valence-electron chi connectivity index (χ3n) is 4.87. The van der Waals surface area contributed by atoms with E-state index in [1.165, 1.54) is 70.6 Å². The van der Waals surface area contributed by atoms with Gasteiger partial charge in [0, 0.05) is 0 Å². The Morgan fingerprint density at radius 3 is 1.90 bits per heavy atom. The van der Waals surface area contributed by atoms with Crippen molar-refractivity contribution in [1.82, 2.24) is 0 Å². The van der Waals surface area contributed by atoms with Gasteiger partial charge in [0.1, 0.15) is 5.75 Å². The average Bonchev–Trinajstić information content (AvgIpc) is 2.70. The fourth-order valence-corrected chi connectivity index (χ4v) is 3.97. The molecular formula is C24H41O4P. The van der Waals surface area contributed by atoms with Crippen LogP contribution in [0.3, 0.4) is 0 Å². The van der Waals surface area contributed by atoms with Crippen molar-refractivity contribution in [3.63, 3.8) is 0 Å². The predicted octanol–water partition coefficient (Wildman–Crippen LogP) is 8.22. The quantitative estimate of drug-likeness (QED) is 0.138. The van der Waals surface area contributed by atoms with Crippen LogP contribution in [0.1, 0.15) is 96.8 Å². The van der Waals surface area contributed by atoms with Crippen LogP contribution < -0.4 is 4.52 Å². The van der Waals surface area contributed by atoms with Crippen molar-refractivity contribution in [2.75, 3.05) is 6.61 Å². The van der Waals surface area contributed by atoms with Gasteiger partial charge in [0.25, 0.3) is 0 Å². The van der Waals surface area contributed by atoms with Crippen molar-refractivity contribution < 1.29 is 18.5 Å². The van der Waals surface area contributed by atoms with E-state index in [2.05, 4.69) is 19.1 Å². The Morgan fingerprint density at radius 2 is 1.31 bits per heavy atom. The standard InChI is InChI=1S/C24H41O4P/c1-2-3-4-5-6-7-8-9-10-11-12-13-14-15-16-20-23-27-29(25,26)28-24-21-18-17-19-22-24/h9-10,17-19,21-22H,2-8,11-16,20,23H2,1H3,(H,25,26)/b10-9+. The summed E-state index contributed by atoms with van der Waals surface area (Å²) in [6.45, 7) is 2.51. The number of rotatable bonds is 19. The van der Waals surface area contributed by atoms with Crippen molar-refractivity contribution >= 4 is 7.82 Å². The summed E-state index contributed by atoms with van der Waals surface area (Å²) in [5.74, 6) is 0.347. The Balaban J connectivity index is 1.86. The lowest BCUT2D eigenvalue weighted by molar-refractivity contribution is 0.199. The minimum Gasteiger partial charge on any atom is -0.404 e. The van der Waals surface area contributed by atoms with Crippen LogP contribution in [0.4, 0.5) is 0 Å². The average molecular weight is 425 g/mol. The molecule has 4 nitrogen and oxygen atoms in total. The monoisotopic (exact) mass is 424 g/mol. The van der Waals surface area contributed by atoms with Crippen LogP contribution >= 0.6 is 7.82 Å². The highest BCUT2D eigenvalue weighted by Crippen LogP contribution is 2.43. The minimum absolute atomic E-state index is 0.252. The summed E-state index contributed by atoms with van der Waals surface area (Å²) in [6, 6.07) is 8.59. The zero-order valence-electron chi connectivity index (χ0n) is 18.3. The normalized spacial score (nSPS) is 13.6. The summed E-state index contributed by atoms with van der Waals surface area (Å²) >= 11 is 0. The second-order valence-corrected chi connectivity index (χ2v) is 9.02. The third kappa shape index (κ3) is 16.4. The van der Waals surface area contributed by atoms with Gasteiger partial charge in [-0.2, -0.15) is 0 Å². The molecule has 0 amide bonds. The number of benzene rings is 1. The maximum absolute atomic E-state index is 11.8. The molecule has 0 radical (unpaired) electrons.